The number of Topliss-reactive ketones (excluding diaryl/α,β-unsaturated/α-hetero) is 1. The highest BCUT2D eigenvalue weighted by atomic mass is 16.1. The van der Waals surface area contributed by atoms with Crippen LogP contribution in [0.1, 0.15) is 40.5 Å². The average Bonchev–Trinajstić information content (AvgIpc) is 2.23. The largest absolute Gasteiger partial charge is 0.354 e. The molecule has 0 saturated carbocycles. The first kappa shape index (κ1) is 10.7. The lowest BCUT2D eigenvalue weighted by molar-refractivity contribution is -0.117. The molecular weight excluding hydrogens is 188 g/mol. The van der Waals surface area contributed by atoms with Crippen LogP contribution >= 0.6 is 0 Å². The highest BCUT2D eigenvalue weighted by Crippen LogP contribution is 2.43. The van der Waals surface area contributed by atoms with Crippen LogP contribution in [0.4, 0.5) is 0 Å². The van der Waals surface area contributed by atoms with E-state index < -0.39 is 0 Å². The highest BCUT2D eigenvalue weighted by Gasteiger charge is 2.48. The van der Waals surface area contributed by atoms with Crippen LogP contribution in [-0.2, 0) is 4.79 Å². The van der Waals surface area contributed by atoms with E-state index in [0.717, 1.165) is 18.8 Å². The van der Waals surface area contributed by atoms with Gasteiger partial charge in [0.1, 0.15) is 5.84 Å². The Morgan fingerprint density at radius 1 is 1.27 bits per heavy atom. The fraction of sp³-hybridized carbons (Fsp3) is 0.833. The number of nitrogens with zero attached hydrogens (tertiary/aromatic N) is 2. The van der Waals surface area contributed by atoms with E-state index in [-0.39, 0.29) is 16.7 Å². The molecule has 0 unspecified atom stereocenters. The van der Waals surface area contributed by atoms with Crippen LogP contribution in [-0.4, -0.2) is 35.1 Å². The van der Waals surface area contributed by atoms with Crippen molar-refractivity contribution >= 4 is 11.6 Å². The van der Waals surface area contributed by atoms with Crippen molar-refractivity contribution in [2.24, 2.45) is 10.4 Å². The van der Waals surface area contributed by atoms with Crippen molar-refractivity contribution < 1.29 is 4.79 Å². The topological polar surface area (TPSA) is 32.7 Å². The predicted molar refractivity (Wildman–Crippen MR) is 61.1 cm³/mol. The van der Waals surface area contributed by atoms with Crippen molar-refractivity contribution in [3.63, 3.8) is 0 Å². The van der Waals surface area contributed by atoms with Gasteiger partial charge in [-0.3, -0.25) is 9.79 Å². The van der Waals surface area contributed by atoms with Crippen LogP contribution in [0.2, 0.25) is 0 Å². The lowest BCUT2D eigenvalue weighted by atomic mass is 9.85. The van der Waals surface area contributed by atoms with Gasteiger partial charge >= 0.3 is 0 Å². The molecule has 0 aromatic carbocycles. The first-order chi connectivity index (χ1) is 6.83. The minimum Gasteiger partial charge on any atom is -0.354 e. The molecule has 0 N–H and O–H groups in total. The number of amidine groups is 1. The van der Waals surface area contributed by atoms with Gasteiger partial charge in [0.15, 0.2) is 5.78 Å². The van der Waals surface area contributed by atoms with Gasteiger partial charge in [0.25, 0.3) is 0 Å². The monoisotopic (exact) mass is 208 g/mol. The summed E-state index contributed by atoms with van der Waals surface area (Å²) >= 11 is 0. The molecule has 0 aromatic rings. The SMILES string of the molecule is CC1(C)CC(C)(C)N2CCC(=O)CN=C21. The number of aliphatic imine (C=N–C) groups is 1. The number of hydrogen-bond acceptors (Lipinski definition) is 3. The second-order valence-corrected chi connectivity index (χ2v) is 5.95. The van der Waals surface area contributed by atoms with Crippen molar-refractivity contribution in [1.29, 1.82) is 0 Å². The molecule has 0 spiro atoms. The van der Waals surface area contributed by atoms with E-state index >= 15 is 0 Å². The van der Waals surface area contributed by atoms with E-state index in [0.29, 0.717) is 13.0 Å². The van der Waals surface area contributed by atoms with E-state index in [4.69, 9.17) is 0 Å². The summed E-state index contributed by atoms with van der Waals surface area (Å²) in [7, 11) is 0. The second kappa shape index (κ2) is 3.06. The molecule has 84 valence electrons. The molecule has 2 rings (SSSR count). The number of carbonyl (C=O) groups excluding carboxylic acids is 1. The third-order valence-corrected chi connectivity index (χ3v) is 3.49. The zero-order valence-corrected chi connectivity index (χ0v) is 10.1. The van der Waals surface area contributed by atoms with Crippen LogP contribution < -0.4 is 0 Å². The normalized spacial score (nSPS) is 28.4. The standard InChI is InChI=1S/C12H20N2O/c1-11(2)8-12(3,4)14-6-5-9(15)7-13-10(11)14/h5-8H2,1-4H3. The molecule has 15 heavy (non-hydrogen) atoms. The predicted octanol–water partition coefficient (Wildman–Crippen LogP) is 1.87. The quantitative estimate of drug-likeness (QED) is 0.609. The van der Waals surface area contributed by atoms with Gasteiger partial charge < -0.3 is 4.90 Å². The number of carbonyl (C=O) groups is 1. The Morgan fingerprint density at radius 2 is 1.93 bits per heavy atom. The first-order valence-corrected chi connectivity index (χ1v) is 5.67. The summed E-state index contributed by atoms with van der Waals surface area (Å²) in [6.07, 6.45) is 1.76. The van der Waals surface area contributed by atoms with Crippen LogP contribution in [0, 0.1) is 5.41 Å². The smallest absolute Gasteiger partial charge is 0.156 e. The molecule has 0 amide bonds. The Hall–Kier alpha value is -0.860. The third-order valence-electron chi connectivity index (χ3n) is 3.49. The Labute approximate surface area is 91.6 Å². The summed E-state index contributed by atoms with van der Waals surface area (Å²) < 4.78 is 0. The molecule has 0 aromatic heterocycles. The lowest BCUT2D eigenvalue weighted by Gasteiger charge is -2.32. The van der Waals surface area contributed by atoms with Gasteiger partial charge in [-0.05, 0) is 20.3 Å². The molecule has 0 aliphatic carbocycles. The first-order valence-electron chi connectivity index (χ1n) is 5.67. The van der Waals surface area contributed by atoms with Crippen LogP contribution in [0.25, 0.3) is 0 Å². The number of fused-ring (bicyclic) bond motifs is 1. The molecule has 0 bridgehead atoms. The highest BCUT2D eigenvalue weighted by molar-refractivity contribution is 5.94. The van der Waals surface area contributed by atoms with Gasteiger partial charge in [-0.2, -0.15) is 0 Å². The molecule has 3 heteroatoms. The maximum atomic E-state index is 11.4. The maximum absolute atomic E-state index is 11.4. The van der Waals surface area contributed by atoms with Gasteiger partial charge in [0.05, 0.1) is 6.54 Å². The molecule has 0 radical (unpaired) electrons. The van der Waals surface area contributed by atoms with Gasteiger partial charge in [0, 0.05) is 23.9 Å². The maximum Gasteiger partial charge on any atom is 0.156 e. The molecule has 2 aliphatic rings. The average molecular weight is 208 g/mol. The van der Waals surface area contributed by atoms with Crippen LogP contribution in [0.15, 0.2) is 4.99 Å². The van der Waals surface area contributed by atoms with E-state index in [1.807, 2.05) is 0 Å². The summed E-state index contributed by atoms with van der Waals surface area (Å²) in [5.74, 6) is 1.40. The summed E-state index contributed by atoms with van der Waals surface area (Å²) in [6, 6.07) is 0. The number of rotatable bonds is 0. The lowest BCUT2D eigenvalue weighted by Crippen LogP contribution is -2.41. The molecular formula is C12H20N2O. The number of ketones is 1. The van der Waals surface area contributed by atoms with Crippen molar-refractivity contribution in [3.05, 3.63) is 0 Å². The van der Waals surface area contributed by atoms with Crippen LogP contribution in [0.5, 0.6) is 0 Å². The molecule has 2 heterocycles. The molecule has 1 saturated heterocycles. The Kier molecular flexibility index (Phi) is 2.18. The molecule has 2 aliphatic heterocycles. The van der Waals surface area contributed by atoms with E-state index in [9.17, 15) is 4.79 Å². The van der Waals surface area contributed by atoms with Crippen molar-refractivity contribution in [2.75, 3.05) is 13.1 Å². The van der Waals surface area contributed by atoms with Crippen molar-refractivity contribution in [3.8, 4) is 0 Å². The molecule has 3 nitrogen and oxygen atoms in total. The molecule has 1 fully saturated rings. The molecule has 0 atom stereocenters. The zero-order valence-electron chi connectivity index (χ0n) is 10.1. The summed E-state index contributed by atoms with van der Waals surface area (Å²) in [5, 5.41) is 0. The summed E-state index contributed by atoms with van der Waals surface area (Å²) in [4.78, 5) is 18.2. The number of hydrogen-bond donors (Lipinski definition) is 0. The van der Waals surface area contributed by atoms with Crippen LogP contribution in [0.3, 0.4) is 0 Å². The minimum atomic E-state index is 0.119. The Bertz CT molecular complexity index is 329. The summed E-state index contributed by atoms with van der Waals surface area (Å²) in [5.41, 5.74) is 0.265. The third kappa shape index (κ3) is 1.68. The summed E-state index contributed by atoms with van der Waals surface area (Å²) in [6.45, 7) is 10.2. The zero-order chi connectivity index (χ0) is 11.3. The van der Waals surface area contributed by atoms with Crippen molar-refractivity contribution in [1.82, 2.24) is 4.90 Å². The van der Waals surface area contributed by atoms with Gasteiger partial charge in [-0.25, -0.2) is 0 Å². The van der Waals surface area contributed by atoms with Crippen molar-refractivity contribution in [2.45, 2.75) is 46.1 Å². The van der Waals surface area contributed by atoms with Gasteiger partial charge in [-0.1, -0.05) is 13.8 Å². The van der Waals surface area contributed by atoms with E-state index in [2.05, 4.69) is 37.6 Å². The Balaban J connectivity index is 2.39. The second-order valence-electron chi connectivity index (χ2n) is 5.95. The van der Waals surface area contributed by atoms with Gasteiger partial charge in [0.2, 0.25) is 0 Å². The van der Waals surface area contributed by atoms with E-state index in [1.165, 1.54) is 0 Å². The van der Waals surface area contributed by atoms with E-state index in [1.54, 1.807) is 0 Å². The van der Waals surface area contributed by atoms with Gasteiger partial charge in [-0.15, -0.1) is 0 Å². The fourth-order valence-corrected chi connectivity index (χ4v) is 3.09. The fourth-order valence-electron chi connectivity index (χ4n) is 3.09. The minimum absolute atomic E-state index is 0.119. The Morgan fingerprint density at radius 3 is 2.60 bits per heavy atom.